The first-order valence-electron chi connectivity index (χ1n) is 4.40. The molecule has 0 bridgehead atoms. The Morgan fingerprint density at radius 3 is 2.60 bits per heavy atom. The van der Waals surface area contributed by atoms with Gasteiger partial charge in [-0.3, -0.25) is 10.1 Å². The zero-order valence-electron chi connectivity index (χ0n) is 7.74. The highest BCUT2D eigenvalue weighted by molar-refractivity contribution is 9.10. The number of aromatic hydroxyl groups is 1. The van der Waals surface area contributed by atoms with Gasteiger partial charge >= 0.3 is 5.69 Å². The van der Waals surface area contributed by atoms with Gasteiger partial charge in [0.15, 0.2) is 0 Å². The lowest BCUT2D eigenvalue weighted by molar-refractivity contribution is -0.386. The van der Waals surface area contributed by atoms with Gasteiger partial charge in [0.05, 0.1) is 9.40 Å². The monoisotopic (exact) mass is 272 g/mol. The normalized spacial score (nSPS) is 17.5. The molecule has 1 aliphatic rings. The van der Waals surface area contributed by atoms with E-state index in [0.717, 1.165) is 12.8 Å². The topological polar surface area (TPSA) is 89.4 Å². The molecule has 15 heavy (non-hydrogen) atoms. The lowest BCUT2D eigenvalue weighted by Crippen LogP contribution is -2.18. The molecule has 0 saturated heterocycles. The molecule has 1 aliphatic carbocycles. The third-order valence-corrected chi connectivity index (χ3v) is 3.21. The second kappa shape index (κ2) is 3.18. The third kappa shape index (κ3) is 1.70. The maximum Gasteiger partial charge on any atom is 0.312 e. The van der Waals surface area contributed by atoms with Crippen molar-refractivity contribution in [3.05, 3.63) is 32.3 Å². The molecule has 1 aromatic carbocycles. The molecule has 0 radical (unpaired) electrons. The summed E-state index contributed by atoms with van der Waals surface area (Å²) in [6.07, 6.45) is 1.64. The van der Waals surface area contributed by atoms with Crippen LogP contribution in [0.25, 0.3) is 0 Å². The number of halogens is 1. The van der Waals surface area contributed by atoms with Gasteiger partial charge in [-0.25, -0.2) is 0 Å². The molecule has 0 atom stereocenters. The van der Waals surface area contributed by atoms with Crippen LogP contribution in [0.1, 0.15) is 18.4 Å². The standard InChI is InChI=1S/C9H9BrN2O3/c10-6-3-5(9(11)1-2-9)4-7(8(6)13)12(14)15/h3-4,13H,1-2,11H2. The van der Waals surface area contributed by atoms with E-state index in [0.29, 0.717) is 10.0 Å². The van der Waals surface area contributed by atoms with E-state index in [4.69, 9.17) is 5.73 Å². The number of rotatable bonds is 2. The number of nitro benzene ring substituents is 1. The number of hydrogen-bond donors (Lipinski definition) is 2. The Morgan fingerprint density at radius 2 is 2.13 bits per heavy atom. The quantitative estimate of drug-likeness (QED) is 0.637. The summed E-state index contributed by atoms with van der Waals surface area (Å²) < 4.78 is 0.309. The SMILES string of the molecule is NC1(c2cc(Br)c(O)c([N+](=O)[O-])c2)CC1. The summed E-state index contributed by atoms with van der Waals surface area (Å²) in [7, 11) is 0. The largest absolute Gasteiger partial charge is 0.501 e. The van der Waals surface area contributed by atoms with Gasteiger partial charge in [-0.15, -0.1) is 0 Å². The highest BCUT2D eigenvalue weighted by atomic mass is 79.9. The van der Waals surface area contributed by atoms with Gasteiger partial charge in [-0.2, -0.15) is 0 Å². The van der Waals surface area contributed by atoms with Gasteiger partial charge in [-0.05, 0) is 40.4 Å². The minimum Gasteiger partial charge on any atom is -0.501 e. The Bertz CT molecular complexity index is 443. The van der Waals surface area contributed by atoms with Crippen molar-refractivity contribution in [3.63, 3.8) is 0 Å². The molecule has 80 valence electrons. The van der Waals surface area contributed by atoms with Crippen molar-refractivity contribution in [2.45, 2.75) is 18.4 Å². The van der Waals surface area contributed by atoms with Gasteiger partial charge in [0, 0.05) is 11.6 Å². The lowest BCUT2D eigenvalue weighted by Gasteiger charge is -2.10. The van der Waals surface area contributed by atoms with E-state index in [1.807, 2.05) is 0 Å². The number of nitro groups is 1. The Hall–Kier alpha value is -1.14. The zero-order valence-corrected chi connectivity index (χ0v) is 9.32. The number of phenols is 1. The number of benzene rings is 1. The van der Waals surface area contributed by atoms with E-state index in [2.05, 4.69) is 15.9 Å². The summed E-state index contributed by atoms with van der Waals surface area (Å²) in [4.78, 5) is 10.0. The summed E-state index contributed by atoms with van der Waals surface area (Å²) >= 11 is 3.08. The minimum atomic E-state index is -0.616. The minimum absolute atomic E-state index is 0.309. The van der Waals surface area contributed by atoms with Gasteiger partial charge in [-0.1, -0.05) is 0 Å². The molecule has 3 N–H and O–H groups in total. The Labute approximate surface area is 94.2 Å². The number of nitrogens with two attached hydrogens (primary N) is 1. The molecular formula is C9H9BrN2O3. The van der Waals surface area contributed by atoms with Crippen molar-refractivity contribution >= 4 is 21.6 Å². The summed E-state index contributed by atoms with van der Waals surface area (Å²) in [6.45, 7) is 0. The first kappa shape index (κ1) is 10.4. The van der Waals surface area contributed by atoms with E-state index in [9.17, 15) is 15.2 Å². The molecular weight excluding hydrogens is 264 g/mol. The second-order valence-corrected chi connectivity index (χ2v) is 4.59. The molecule has 5 nitrogen and oxygen atoms in total. The van der Waals surface area contributed by atoms with Crippen molar-refractivity contribution in [2.24, 2.45) is 5.73 Å². The van der Waals surface area contributed by atoms with Crippen molar-refractivity contribution in [1.82, 2.24) is 0 Å². The molecule has 1 fully saturated rings. The summed E-state index contributed by atoms with van der Waals surface area (Å²) in [6, 6.07) is 2.97. The number of hydrogen-bond acceptors (Lipinski definition) is 4. The van der Waals surface area contributed by atoms with Crippen LogP contribution in [0.15, 0.2) is 16.6 Å². The van der Waals surface area contributed by atoms with Gasteiger partial charge in [0.25, 0.3) is 0 Å². The average molecular weight is 273 g/mol. The smallest absolute Gasteiger partial charge is 0.312 e. The maximum atomic E-state index is 10.7. The second-order valence-electron chi connectivity index (χ2n) is 3.74. The predicted octanol–water partition coefficient (Wildman–Crippen LogP) is 2.01. The molecule has 0 unspecified atom stereocenters. The van der Waals surface area contributed by atoms with Crippen molar-refractivity contribution in [1.29, 1.82) is 0 Å². The van der Waals surface area contributed by atoms with Crippen LogP contribution in [0.2, 0.25) is 0 Å². The van der Waals surface area contributed by atoms with E-state index in [1.54, 1.807) is 6.07 Å². The first-order valence-corrected chi connectivity index (χ1v) is 5.19. The van der Waals surface area contributed by atoms with Crippen LogP contribution < -0.4 is 5.73 Å². The molecule has 0 heterocycles. The molecule has 1 saturated carbocycles. The summed E-state index contributed by atoms with van der Waals surface area (Å²) in [5.74, 6) is -0.354. The van der Waals surface area contributed by atoms with Crippen molar-refractivity contribution in [3.8, 4) is 5.75 Å². The summed E-state index contributed by atoms with van der Waals surface area (Å²) in [5.41, 5.74) is 5.87. The fourth-order valence-corrected chi connectivity index (χ4v) is 1.88. The predicted molar refractivity (Wildman–Crippen MR) is 57.6 cm³/mol. The third-order valence-electron chi connectivity index (χ3n) is 2.60. The Kier molecular flexibility index (Phi) is 2.20. The Morgan fingerprint density at radius 1 is 1.53 bits per heavy atom. The molecule has 0 spiro atoms. The van der Waals surface area contributed by atoms with Crippen LogP contribution in [0, 0.1) is 10.1 Å². The Balaban J connectivity index is 2.56. The lowest BCUT2D eigenvalue weighted by atomic mass is 10.0. The van der Waals surface area contributed by atoms with Crippen molar-refractivity contribution < 1.29 is 10.0 Å². The van der Waals surface area contributed by atoms with Crippen LogP contribution in [0.4, 0.5) is 5.69 Å². The number of nitrogens with zero attached hydrogens (tertiary/aromatic N) is 1. The number of phenolic OH excluding ortho intramolecular Hbond substituents is 1. The molecule has 0 amide bonds. The van der Waals surface area contributed by atoms with Crippen LogP contribution in [-0.2, 0) is 5.54 Å². The van der Waals surface area contributed by atoms with E-state index in [-0.39, 0.29) is 11.4 Å². The van der Waals surface area contributed by atoms with E-state index >= 15 is 0 Å². The molecule has 0 aromatic heterocycles. The van der Waals surface area contributed by atoms with E-state index < -0.39 is 10.5 Å². The first-order chi connectivity index (χ1) is 6.94. The summed E-state index contributed by atoms with van der Waals surface area (Å²) in [5, 5.41) is 20.1. The molecule has 2 rings (SSSR count). The van der Waals surface area contributed by atoms with Gasteiger partial charge in [0.2, 0.25) is 5.75 Å². The average Bonchev–Trinajstić information content (AvgIpc) is 2.89. The van der Waals surface area contributed by atoms with Crippen LogP contribution >= 0.6 is 15.9 Å². The zero-order chi connectivity index (χ0) is 11.2. The fourth-order valence-electron chi connectivity index (χ4n) is 1.43. The molecule has 0 aliphatic heterocycles. The highest BCUT2D eigenvalue weighted by Crippen LogP contribution is 2.46. The maximum absolute atomic E-state index is 10.7. The van der Waals surface area contributed by atoms with Crippen molar-refractivity contribution in [2.75, 3.05) is 0 Å². The van der Waals surface area contributed by atoms with Crippen LogP contribution in [0.5, 0.6) is 5.75 Å². The van der Waals surface area contributed by atoms with Gasteiger partial charge < -0.3 is 10.8 Å². The van der Waals surface area contributed by atoms with E-state index in [1.165, 1.54) is 6.07 Å². The highest BCUT2D eigenvalue weighted by Gasteiger charge is 2.41. The molecule has 1 aromatic rings. The van der Waals surface area contributed by atoms with Crippen LogP contribution in [-0.4, -0.2) is 10.0 Å². The molecule has 6 heteroatoms. The fraction of sp³-hybridized carbons (Fsp3) is 0.333. The van der Waals surface area contributed by atoms with Crippen LogP contribution in [0.3, 0.4) is 0 Å². The van der Waals surface area contributed by atoms with Gasteiger partial charge in [0.1, 0.15) is 0 Å².